The highest BCUT2D eigenvalue weighted by Crippen LogP contribution is 2.23. The Hall–Kier alpha value is -2.17. The van der Waals surface area contributed by atoms with Crippen molar-refractivity contribution in [3.05, 3.63) is 34.9 Å². The lowest BCUT2D eigenvalue weighted by Gasteiger charge is -2.13. The lowest BCUT2D eigenvalue weighted by molar-refractivity contribution is -0.121. The summed E-state index contributed by atoms with van der Waals surface area (Å²) >= 11 is 0. The summed E-state index contributed by atoms with van der Waals surface area (Å²) in [7, 11) is 0. The van der Waals surface area contributed by atoms with Crippen molar-refractivity contribution in [2.24, 2.45) is 0 Å². The van der Waals surface area contributed by atoms with Crippen molar-refractivity contribution >= 4 is 17.7 Å². The largest absolute Gasteiger partial charge is 0.356 e. The molecule has 22 heavy (non-hydrogen) atoms. The molecule has 3 amide bonds. The number of hydrogen-bond donors (Lipinski definition) is 1. The molecule has 1 aliphatic heterocycles. The van der Waals surface area contributed by atoms with Gasteiger partial charge in [-0.3, -0.25) is 19.3 Å². The van der Waals surface area contributed by atoms with Gasteiger partial charge in [-0.25, -0.2) is 0 Å². The van der Waals surface area contributed by atoms with Crippen LogP contribution in [0, 0.1) is 6.92 Å². The molecule has 1 aromatic rings. The predicted octanol–water partition coefficient (Wildman–Crippen LogP) is 2.29. The van der Waals surface area contributed by atoms with Crippen molar-refractivity contribution in [1.82, 2.24) is 10.2 Å². The lowest BCUT2D eigenvalue weighted by atomic mass is 10.1. The number of benzene rings is 1. The number of carbonyl (C=O) groups excluding carboxylic acids is 3. The average Bonchev–Trinajstić information content (AvgIpc) is 2.73. The zero-order chi connectivity index (χ0) is 16.1. The Balaban J connectivity index is 1.88. The van der Waals surface area contributed by atoms with E-state index in [1.165, 1.54) is 0 Å². The highest BCUT2D eigenvalue weighted by molar-refractivity contribution is 6.21. The van der Waals surface area contributed by atoms with Gasteiger partial charge in [0.2, 0.25) is 5.91 Å². The SMILES string of the molecule is CCCCCNC(=O)CCN1C(=O)c2ccc(C)cc2C1=O. The normalized spacial score (nSPS) is 13.5. The standard InChI is InChI=1S/C17H22N2O3/c1-3-4-5-9-18-15(20)8-10-19-16(21)13-7-6-12(2)11-14(13)17(19)22/h6-7,11H,3-5,8-10H2,1-2H3,(H,18,20). The van der Waals surface area contributed by atoms with E-state index in [1.54, 1.807) is 12.1 Å². The number of nitrogens with zero attached hydrogens (tertiary/aromatic N) is 1. The van der Waals surface area contributed by atoms with Gasteiger partial charge in [0.1, 0.15) is 0 Å². The number of hydrogen-bond acceptors (Lipinski definition) is 3. The molecule has 5 heteroatoms. The van der Waals surface area contributed by atoms with Crippen molar-refractivity contribution in [2.45, 2.75) is 39.5 Å². The monoisotopic (exact) mass is 302 g/mol. The van der Waals surface area contributed by atoms with Gasteiger partial charge in [-0.1, -0.05) is 31.4 Å². The number of aryl methyl sites for hydroxylation is 1. The summed E-state index contributed by atoms with van der Waals surface area (Å²) in [5.74, 6) is -0.731. The first-order chi connectivity index (χ1) is 10.5. The Morgan fingerprint density at radius 3 is 2.59 bits per heavy atom. The molecule has 2 rings (SSSR count). The van der Waals surface area contributed by atoms with Crippen LogP contribution in [0.3, 0.4) is 0 Å². The smallest absolute Gasteiger partial charge is 0.261 e. The van der Waals surface area contributed by atoms with E-state index >= 15 is 0 Å². The van der Waals surface area contributed by atoms with Crippen molar-refractivity contribution in [2.75, 3.05) is 13.1 Å². The number of carbonyl (C=O) groups is 3. The molecule has 0 aromatic heterocycles. The topological polar surface area (TPSA) is 66.5 Å². The maximum absolute atomic E-state index is 12.2. The molecule has 0 unspecified atom stereocenters. The molecule has 0 aliphatic carbocycles. The molecule has 0 atom stereocenters. The number of unbranched alkanes of at least 4 members (excludes halogenated alkanes) is 2. The third-order valence-electron chi connectivity index (χ3n) is 3.79. The zero-order valence-corrected chi connectivity index (χ0v) is 13.1. The second kappa shape index (κ2) is 7.20. The van der Waals surface area contributed by atoms with Crippen LogP contribution in [0.2, 0.25) is 0 Å². The molecule has 5 nitrogen and oxygen atoms in total. The molecule has 0 spiro atoms. The third kappa shape index (κ3) is 3.53. The summed E-state index contributed by atoms with van der Waals surface area (Å²) < 4.78 is 0. The average molecular weight is 302 g/mol. The minimum Gasteiger partial charge on any atom is -0.356 e. The van der Waals surface area contributed by atoms with E-state index in [-0.39, 0.29) is 30.7 Å². The molecule has 0 saturated carbocycles. The van der Waals surface area contributed by atoms with Gasteiger partial charge in [0, 0.05) is 19.5 Å². The molecule has 0 saturated heterocycles. The fraction of sp³-hybridized carbons (Fsp3) is 0.471. The van der Waals surface area contributed by atoms with E-state index in [2.05, 4.69) is 12.2 Å². The fourth-order valence-electron chi connectivity index (χ4n) is 2.51. The van der Waals surface area contributed by atoms with Gasteiger partial charge in [0.25, 0.3) is 11.8 Å². The summed E-state index contributed by atoms with van der Waals surface area (Å²) in [6, 6.07) is 5.21. The molecular weight excluding hydrogens is 280 g/mol. The minimum absolute atomic E-state index is 0.121. The van der Waals surface area contributed by atoms with Crippen molar-refractivity contribution < 1.29 is 14.4 Å². The van der Waals surface area contributed by atoms with Crippen LogP contribution >= 0.6 is 0 Å². The third-order valence-corrected chi connectivity index (χ3v) is 3.79. The van der Waals surface area contributed by atoms with Crippen LogP contribution in [-0.2, 0) is 4.79 Å². The Bertz CT molecular complexity index is 596. The van der Waals surface area contributed by atoms with Gasteiger partial charge in [-0.05, 0) is 25.5 Å². The van der Waals surface area contributed by atoms with Gasteiger partial charge >= 0.3 is 0 Å². The summed E-state index contributed by atoms with van der Waals surface area (Å²) in [5.41, 5.74) is 1.81. The maximum Gasteiger partial charge on any atom is 0.261 e. The van der Waals surface area contributed by atoms with Crippen LogP contribution in [0.25, 0.3) is 0 Å². The predicted molar refractivity (Wildman–Crippen MR) is 83.7 cm³/mol. The molecular formula is C17H22N2O3. The van der Waals surface area contributed by atoms with E-state index < -0.39 is 0 Å². The second-order valence-electron chi connectivity index (χ2n) is 5.62. The van der Waals surface area contributed by atoms with Crippen LogP contribution in [0.15, 0.2) is 18.2 Å². The Kier molecular flexibility index (Phi) is 5.31. The van der Waals surface area contributed by atoms with Crippen LogP contribution in [-0.4, -0.2) is 35.7 Å². The van der Waals surface area contributed by atoms with Gasteiger partial charge in [-0.15, -0.1) is 0 Å². The molecule has 1 aliphatic rings. The molecule has 0 radical (unpaired) electrons. The first-order valence-electron chi connectivity index (χ1n) is 7.78. The lowest BCUT2D eigenvalue weighted by Crippen LogP contribution is -2.34. The molecule has 1 N–H and O–H groups in total. The van der Waals surface area contributed by atoms with Crippen molar-refractivity contribution in [3.8, 4) is 0 Å². The van der Waals surface area contributed by atoms with Gasteiger partial charge in [0.05, 0.1) is 11.1 Å². The Morgan fingerprint density at radius 1 is 1.14 bits per heavy atom. The van der Waals surface area contributed by atoms with Gasteiger partial charge < -0.3 is 5.32 Å². The zero-order valence-electron chi connectivity index (χ0n) is 13.1. The highest BCUT2D eigenvalue weighted by Gasteiger charge is 2.35. The van der Waals surface area contributed by atoms with E-state index in [0.29, 0.717) is 17.7 Å². The molecule has 0 fully saturated rings. The van der Waals surface area contributed by atoms with Crippen molar-refractivity contribution in [3.63, 3.8) is 0 Å². The van der Waals surface area contributed by atoms with Crippen LogP contribution in [0.1, 0.15) is 58.9 Å². The molecule has 118 valence electrons. The summed E-state index contributed by atoms with van der Waals surface area (Å²) in [6.45, 7) is 4.76. The Morgan fingerprint density at radius 2 is 1.86 bits per heavy atom. The van der Waals surface area contributed by atoms with Crippen LogP contribution < -0.4 is 5.32 Å². The van der Waals surface area contributed by atoms with E-state index in [4.69, 9.17) is 0 Å². The fourth-order valence-corrected chi connectivity index (χ4v) is 2.51. The van der Waals surface area contributed by atoms with Gasteiger partial charge in [0.15, 0.2) is 0 Å². The Labute approximate surface area is 130 Å². The highest BCUT2D eigenvalue weighted by atomic mass is 16.2. The number of amides is 3. The van der Waals surface area contributed by atoms with Crippen LogP contribution in [0.4, 0.5) is 0 Å². The van der Waals surface area contributed by atoms with E-state index in [9.17, 15) is 14.4 Å². The minimum atomic E-state index is -0.307. The van der Waals surface area contributed by atoms with Gasteiger partial charge in [-0.2, -0.15) is 0 Å². The maximum atomic E-state index is 12.2. The first-order valence-corrected chi connectivity index (χ1v) is 7.78. The van der Waals surface area contributed by atoms with Crippen LogP contribution in [0.5, 0.6) is 0 Å². The van der Waals surface area contributed by atoms with E-state index in [0.717, 1.165) is 29.7 Å². The van der Waals surface area contributed by atoms with E-state index in [1.807, 2.05) is 13.0 Å². The second-order valence-corrected chi connectivity index (χ2v) is 5.62. The summed E-state index contributed by atoms with van der Waals surface area (Å²) in [4.78, 5) is 37.4. The molecule has 0 bridgehead atoms. The number of rotatable bonds is 7. The molecule has 1 aromatic carbocycles. The first kappa shape index (κ1) is 16.2. The van der Waals surface area contributed by atoms with Crippen molar-refractivity contribution in [1.29, 1.82) is 0 Å². The quantitative estimate of drug-likeness (QED) is 0.621. The molecule has 1 heterocycles. The summed E-state index contributed by atoms with van der Waals surface area (Å²) in [5, 5.41) is 2.81. The number of fused-ring (bicyclic) bond motifs is 1. The summed E-state index contributed by atoms with van der Waals surface area (Å²) in [6.07, 6.45) is 3.29. The number of nitrogens with one attached hydrogen (secondary N) is 1. The number of imide groups is 1.